The first-order chi connectivity index (χ1) is 11.6. The van der Waals surface area contributed by atoms with Crippen LogP contribution in [0.4, 0.5) is 0 Å². The molecule has 1 N–H and O–H groups in total. The number of rotatable bonds is 7. The summed E-state index contributed by atoms with van der Waals surface area (Å²) in [5, 5.41) is 0. The molecule has 3 rings (SSSR count). The van der Waals surface area contributed by atoms with Crippen molar-refractivity contribution in [3.05, 3.63) is 41.2 Å². The lowest BCUT2D eigenvalue weighted by Gasteiger charge is -2.33. The van der Waals surface area contributed by atoms with Gasteiger partial charge in [0.1, 0.15) is 9.97 Å². The molecule has 1 fully saturated rings. The normalized spacial score (nSPS) is 17.9. The van der Waals surface area contributed by atoms with Gasteiger partial charge in [0, 0.05) is 24.5 Å². The Morgan fingerprint density at radius 3 is 2.71 bits per heavy atom. The molecule has 1 atom stereocenters. The molecule has 1 saturated heterocycles. The molecule has 6 nitrogen and oxygen atoms in total. The minimum Gasteiger partial charge on any atom is -0.468 e. The van der Waals surface area contributed by atoms with Crippen molar-refractivity contribution in [1.82, 2.24) is 9.62 Å². The van der Waals surface area contributed by atoms with Gasteiger partial charge in [-0.3, -0.25) is 4.90 Å². The van der Waals surface area contributed by atoms with Crippen molar-refractivity contribution in [1.29, 1.82) is 0 Å². The molecule has 0 amide bonds. The predicted octanol–water partition coefficient (Wildman–Crippen LogP) is 2.26. The molecule has 0 spiro atoms. The van der Waals surface area contributed by atoms with Gasteiger partial charge >= 0.3 is 0 Å². The van der Waals surface area contributed by atoms with E-state index >= 15 is 0 Å². The summed E-state index contributed by atoms with van der Waals surface area (Å²) in [4.78, 5) is 3.25. The van der Waals surface area contributed by atoms with E-state index < -0.39 is 10.0 Å². The maximum atomic E-state index is 12.5. The van der Waals surface area contributed by atoms with Crippen LogP contribution in [0.3, 0.4) is 0 Å². The molecule has 1 aliphatic rings. The third-order valence-electron chi connectivity index (χ3n) is 4.08. The largest absolute Gasteiger partial charge is 0.468 e. The van der Waals surface area contributed by atoms with Crippen LogP contribution in [0.1, 0.15) is 23.6 Å². The van der Waals surface area contributed by atoms with Gasteiger partial charge in [0.15, 0.2) is 0 Å². The number of nitrogens with one attached hydrogen (secondary N) is 1. The second-order valence-electron chi connectivity index (χ2n) is 5.61. The summed E-state index contributed by atoms with van der Waals surface area (Å²) in [6.07, 6.45) is 2.45. The van der Waals surface area contributed by atoms with E-state index in [0.29, 0.717) is 17.4 Å². The number of furan rings is 1. The minimum absolute atomic E-state index is 0.135. The fourth-order valence-corrected chi connectivity index (χ4v) is 5.11. The van der Waals surface area contributed by atoms with Crippen LogP contribution in [0, 0.1) is 0 Å². The first kappa shape index (κ1) is 17.6. The van der Waals surface area contributed by atoms with Crippen LogP contribution in [0.25, 0.3) is 0 Å². The second-order valence-corrected chi connectivity index (χ2v) is 8.77. The average molecular weight is 370 g/mol. The SMILES string of the molecule is CCc1ccc(S(=O)(=O)NCC(c2ccco2)N2CCOCC2)s1. The highest BCUT2D eigenvalue weighted by atomic mass is 32.2. The van der Waals surface area contributed by atoms with Gasteiger partial charge in [0.2, 0.25) is 10.0 Å². The zero-order valence-electron chi connectivity index (χ0n) is 13.6. The van der Waals surface area contributed by atoms with Crippen LogP contribution in [0.5, 0.6) is 0 Å². The molecular formula is C16H22N2O4S2. The molecule has 0 bridgehead atoms. The number of sulfonamides is 1. The van der Waals surface area contributed by atoms with Crippen molar-refractivity contribution in [2.24, 2.45) is 0 Å². The van der Waals surface area contributed by atoms with E-state index in [9.17, 15) is 8.42 Å². The van der Waals surface area contributed by atoms with Crippen LogP contribution < -0.4 is 4.72 Å². The highest BCUT2D eigenvalue weighted by Crippen LogP contribution is 2.25. The predicted molar refractivity (Wildman–Crippen MR) is 92.7 cm³/mol. The number of ether oxygens (including phenoxy) is 1. The second kappa shape index (κ2) is 7.79. The minimum atomic E-state index is -3.51. The highest BCUT2D eigenvalue weighted by molar-refractivity contribution is 7.91. The van der Waals surface area contributed by atoms with E-state index in [1.54, 1.807) is 12.3 Å². The molecule has 132 valence electrons. The van der Waals surface area contributed by atoms with Gasteiger partial charge in [-0.25, -0.2) is 13.1 Å². The van der Waals surface area contributed by atoms with Gasteiger partial charge in [0.05, 0.1) is 25.5 Å². The van der Waals surface area contributed by atoms with Crippen molar-refractivity contribution >= 4 is 21.4 Å². The summed E-state index contributed by atoms with van der Waals surface area (Å²) >= 11 is 1.32. The molecule has 1 unspecified atom stereocenters. The van der Waals surface area contributed by atoms with Crippen molar-refractivity contribution in [2.75, 3.05) is 32.8 Å². The molecule has 0 radical (unpaired) electrons. The van der Waals surface area contributed by atoms with Gasteiger partial charge in [-0.15, -0.1) is 11.3 Å². The lowest BCUT2D eigenvalue weighted by molar-refractivity contribution is 0.0128. The van der Waals surface area contributed by atoms with Crippen molar-refractivity contribution in [3.8, 4) is 0 Å². The summed E-state index contributed by atoms with van der Waals surface area (Å²) < 4.78 is 39.1. The smallest absolute Gasteiger partial charge is 0.250 e. The molecule has 2 aromatic rings. The Labute approximate surface area is 146 Å². The summed E-state index contributed by atoms with van der Waals surface area (Å²) in [7, 11) is -3.51. The Kier molecular flexibility index (Phi) is 5.72. The molecule has 0 saturated carbocycles. The summed E-state index contributed by atoms with van der Waals surface area (Å²) in [6.45, 7) is 5.10. The van der Waals surface area contributed by atoms with E-state index in [0.717, 1.165) is 30.1 Å². The number of hydrogen-bond acceptors (Lipinski definition) is 6. The number of aryl methyl sites for hydroxylation is 1. The van der Waals surface area contributed by atoms with E-state index in [4.69, 9.17) is 9.15 Å². The van der Waals surface area contributed by atoms with E-state index in [1.807, 2.05) is 25.1 Å². The summed E-state index contributed by atoms with van der Waals surface area (Å²) in [6, 6.07) is 7.11. The quantitative estimate of drug-likeness (QED) is 0.809. The Hall–Kier alpha value is -1.19. The number of thiophene rings is 1. The third kappa shape index (κ3) is 4.07. The van der Waals surface area contributed by atoms with Crippen LogP contribution in [-0.2, 0) is 21.2 Å². The zero-order chi connectivity index (χ0) is 17.0. The first-order valence-electron chi connectivity index (χ1n) is 8.03. The van der Waals surface area contributed by atoms with Crippen LogP contribution in [0.15, 0.2) is 39.2 Å². The van der Waals surface area contributed by atoms with Crippen molar-refractivity contribution in [3.63, 3.8) is 0 Å². The van der Waals surface area contributed by atoms with Crippen LogP contribution in [0.2, 0.25) is 0 Å². The van der Waals surface area contributed by atoms with Gasteiger partial charge < -0.3 is 9.15 Å². The number of hydrogen-bond donors (Lipinski definition) is 1. The van der Waals surface area contributed by atoms with E-state index in [-0.39, 0.29) is 12.6 Å². The molecular weight excluding hydrogens is 348 g/mol. The molecule has 2 aromatic heterocycles. The van der Waals surface area contributed by atoms with Gasteiger partial charge in [-0.2, -0.15) is 0 Å². The molecule has 1 aliphatic heterocycles. The average Bonchev–Trinajstić information content (AvgIpc) is 3.28. The monoisotopic (exact) mass is 370 g/mol. The van der Waals surface area contributed by atoms with E-state index in [1.165, 1.54) is 11.3 Å². The fourth-order valence-electron chi connectivity index (χ4n) is 2.73. The fraction of sp³-hybridized carbons (Fsp3) is 0.500. The van der Waals surface area contributed by atoms with Gasteiger partial charge in [-0.1, -0.05) is 6.92 Å². The number of nitrogens with zero attached hydrogens (tertiary/aromatic N) is 1. The van der Waals surface area contributed by atoms with Gasteiger partial charge in [0.25, 0.3) is 0 Å². The lowest BCUT2D eigenvalue weighted by Crippen LogP contribution is -2.43. The van der Waals surface area contributed by atoms with Crippen molar-refractivity contribution < 1.29 is 17.6 Å². The van der Waals surface area contributed by atoms with E-state index in [2.05, 4.69) is 9.62 Å². The molecule has 8 heteroatoms. The Balaban J connectivity index is 1.73. The topological polar surface area (TPSA) is 71.8 Å². The lowest BCUT2D eigenvalue weighted by atomic mass is 10.2. The Morgan fingerprint density at radius 1 is 1.29 bits per heavy atom. The summed E-state index contributed by atoms with van der Waals surface area (Å²) in [5.41, 5.74) is 0. The summed E-state index contributed by atoms with van der Waals surface area (Å²) in [5.74, 6) is 0.764. The van der Waals surface area contributed by atoms with Crippen LogP contribution in [-0.4, -0.2) is 46.2 Å². The van der Waals surface area contributed by atoms with Crippen LogP contribution >= 0.6 is 11.3 Å². The zero-order valence-corrected chi connectivity index (χ0v) is 15.2. The first-order valence-corrected chi connectivity index (χ1v) is 10.3. The standard InChI is InChI=1S/C16H22N2O4S2/c1-2-13-5-6-16(23-13)24(19,20)17-12-14(15-4-3-9-22-15)18-7-10-21-11-8-18/h3-6,9,14,17H,2,7-8,10-12H2,1H3. The molecule has 0 aliphatic carbocycles. The maximum Gasteiger partial charge on any atom is 0.250 e. The maximum absolute atomic E-state index is 12.5. The molecule has 3 heterocycles. The third-order valence-corrected chi connectivity index (χ3v) is 7.22. The number of morpholine rings is 1. The Bertz CT molecular complexity index is 734. The molecule has 24 heavy (non-hydrogen) atoms. The molecule has 0 aromatic carbocycles. The highest BCUT2D eigenvalue weighted by Gasteiger charge is 2.27. The van der Waals surface area contributed by atoms with Gasteiger partial charge in [-0.05, 0) is 30.7 Å². The Morgan fingerprint density at radius 2 is 2.08 bits per heavy atom. The van der Waals surface area contributed by atoms with Crippen molar-refractivity contribution in [2.45, 2.75) is 23.6 Å².